The Morgan fingerprint density at radius 3 is 2.55 bits per heavy atom. The van der Waals surface area contributed by atoms with E-state index in [1.165, 1.54) is 0 Å². The van der Waals surface area contributed by atoms with E-state index in [0.29, 0.717) is 6.42 Å². The van der Waals surface area contributed by atoms with Crippen LogP contribution in [0.3, 0.4) is 0 Å². The third-order valence-corrected chi connectivity index (χ3v) is 1.87. The summed E-state index contributed by atoms with van der Waals surface area (Å²) in [7, 11) is 1.68. The van der Waals surface area contributed by atoms with Gasteiger partial charge in [0.2, 0.25) is 0 Å². The van der Waals surface area contributed by atoms with Crippen molar-refractivity contribution >= 4 is 6.29 Å². The topological polar surface area (TPSA) is 26.3 Å². The number of hydrogen-bond donors (Lipinski definition) is 0. The summed E-state index contributed by atoms with van der Waals surface area (Å²) >= 11 is 0. The van der Waals surface area contributed by atoms with E-state index in [1.54, 1.807) is 7.11 Å². The van der Waals surface area contributed by atoms with E-state index >= 15 is 0 Å². The Morgan fingerprint density at radius 2 is 2.18 bits per heavy atom. The second kappa shape index (κ2) is 5.08. The first-order chi connectivity index (χ1) is 5.18. The lowest BCUT2D eigenvalue weighted by Crippen LogP contribution is -2.22. The number of hydrogen-bond acceptors (Lipinski definition) is 2. The molecule has 11 heavy (non-hydrogen) atoms. The molecule has 1 atom stereocenters. The van der Waals surface area contributed by atoms with E-state index in [4.69, 9.17) is 4.74 Å². The third kappa shape index (κ3) is 3.94. The van der Waals surface area contributed by atoms with E-state index in [9.17, 15) is 4.79 Å². The fraction of sp³-hybridized carbons (Fsp3) is 0.667. The molecule has 0 spiro atoms. The Hall–Kier alpha value is -0.630. The molecule has 0 aromatic heterocycles. The summed E-state index contributed by atoms with van der Waals surface area (Å²) < 4.78 is 5.23. The molecule has 0 aromatic rings. The molecular formula is C9H16O2. The van der Waals surface area contributed by atoms with Crippen molar-refractivity contribution in [3.05, 3.63) is 12.2 Å². The Morgan fingerprint density at radius 1 is 1.55 bits per heavy atom. The maximum Gasteiger partial charge on any atom is 0.123 e. The summed E-state index contributed by atoms with van der Waals surface area (Å²) in [5.74, 6) is 0. The zero-order chi connectivity index (χ0) is 8.74. The molecule has 0 saturated carbocycles. The van der Waals surface area contributed by atoms with Gasteiger partial charge in [0, 0.05) is 13.5 Å². The number of carbonyl (C=O) groups excluding carboxylic acids is 1. The summed E-state index contributed by atoms with van der Waals surface area (Å²) in [5.41, 5.74) is -0.205. The molecular weight excluding hydrogens is 140 g/mol. The molecule has 0 amide bonds. The lowest BCUT2D eigenvalue weighted by atomic mass is 10.0. The molecule has 0 aliphatic heterocycles. The average molecular weight is 156 g/mol. The monoisotopic (exact) mass is 156 g/mol. The molecule has 0 saturated heterocycles. The normalized spacial score (nSPS) is 16.6. The quantitative estimate of drug-likeness (QED) is 0.449. The van der Waals surface area contributed by atoms with Crippen molar-refractivity contribution in [2.75, 3.05) is 7.11 Å². The smallest absolute Gasteiger partial charge is 0.123 e. The van der Waals surface area contributed by atoms with Crippen LogP contribution in [0.25, 0.3) is 0 Å². The highest BCUT2D eigenvalue weighted by Crippen LogP contribution is 2.15. The fourth-order valence-corrected chi connectivity index (χ4v) is 0.703. The summed E-state index contributed by atoms with van der Waals surface area (Å²) in [6.45, 7) is 4.04. The van der Waals surface area contributed by atoms with Crippen LogP contribution in [0, 0.1) is 0 Å². The maximum absolute atomic E-state index is 9.98. The molecule has 0 aliphatic carbocycles. The number of carbonyl (C=O) groups is 1. The first-order valence-electron chi connectivity index (χ1n) is 3.85. The number of allylic oxidation sites excluding steroid dienone is 1. The maximum atomic E-state index is 9.98. The molecule has 2 heteroatoms. The van der Waals surface area contributed by atoms with Crippen molar-refractivity contribution in [2.45, 2.75) is 32.3 Å². The van der Waals surface area contributed by atoms with Crippen LogP contribution in [-0.4, -0.2) is 19.0 Å². The van der Waals surface area contributed by atoms with Crippen molar-refractivity contribution in [1.82, 2.24) is 0 Å². The lowest BCUT2D eigenvalue weighted by Gasteiger charge is -2.21. The van der Waals surface area contributed by atoms with Crippen LogP contribution in [0.15, 0.2) is 12.2 Å². The summed E-state index contributed by atoms with van der Waals surface area (Å²) in [5, 5.41) is 0. The first kappa shape index (κ1) is 10.4. The number of aldehydes is 1. The number of rotatable bonds is 5. The van der Waals surface area contributed by atoms with Gasteiger partial charge in [-0.3, -0.25) is 0 Å². The zero-order valence-corrected chi connectivity index (χ0v) is 7.46. The van der Waals surface area contributed by atoms with Gasteiger partial charge in [-0.2, -0.15) is 0 Å². The molecule has 0 rings (SSSR count). The van der Waals surface area contributed by atoms with Gasteiger partial charge >= 0.3 is 0 Å². The van der Waals surface area contributed by atoms with Crippen molar-refractivity contribution in [1.29, 1.82) is 0 Å². The summed E-state index contributed by atoms with van der Waals surface area (Å²) in [6, 6.07) is 0. The number of methoxy groups -OCH3 is 1. The van der Waals surface area contributed by atoms with Crippen LogP contribution in [0.1, 0.15) is 26.7 Å². The highest BCUT2D eigenvalue weighted by atomic mass is 16.5. The summed E-state index contributed by atoms with van der Waals surface area (Å²) in [4.78, 5) is 9.98. The van der Waals surface area contributed by atoms with Gasteiger partial charge in [0.25, 0.3) is 0 Å². The molecule has 1 unspecified atom stereocenters. The van der Waals surface area contributed by atoms with Crippen molar-refractivity contribution in [3.63, 3.8) is 0 Å². The first-order valence-corrected chi connectivity index (χ1v) is 3.85. The predicted octanol–water partition coefficient (Wildman–Crippen LogP) is 1.95. The van der Waals surface area contributed by atoms with Crippen LogP contribution < -0.4 is 0 Å². The molecule has 0 radical (unpaired) electrons. The van der Waals surface area contributed by atoms with Gasteiger partial charge in [0.1, 0.15) is 6.29 Å². The van der Waals surface area contributed by atoms with Crippen molar-refractivity contribution in [2.24, 2.45) is 0 Å². The van der Waals surface area contributed by atoms with Gasteiger partial charge in [-0.1, -0.05) is 19.1 Å². The van der Waals surface area contributed by atoms with Crippen LogP contribution in [0.2, 0.25) is 0 Å². The molecule has 0 fully saturated rings. The highest BCUT2D eigenvalue weighted by molar-refractivity contribution is 5.51. The molecule has 0 bridgehead atoms. The molecule has 2 nitrogen and oxygen atoms in total. The van der Waals surface area contributed by atoms with E-state index in [1.807, 2.05) is 19.1 Å². The minimum Gasteiger partial charge on any atom is -0.374 e. The Labute approximate surface area is 68.2 Å². The van der Waals surface area contributed by atoms with Crippen LogP contribution in [-0.2, 0) is 9.53 Å². The third-order valence-electron chi connectivity index (χ3n) is 1.87. The lowest BCUT2D eigenvalue weighted by molar-refractivity contribution is -0.107. The molecule has 0 aromatic carbocycles. The Balaban J connectivity index is 3.94. The second-order valence-corrected chi connectivity index (χ2v) is 2.68. The Kier molecular flexibility index (Phi) is 4.79. The SMILES string of the molecule is CCC(C)(/C=C/CC=O)OC. The van der Waals surface area contributed by atoms with Crippen molar-refractivity contribution in [3.8, 4) is 0 Å². The van der Waals surface area contributed by atoms with Crippen molar-refractivity contribution < 1.29 is 9.53 Å². The largest absolute Gasteiger partial charge is 0.374 e. The van der Waals surface area contributed by atoms with E-state index in [-0.39, 0.29) is 5.60 Å². The van der Waals surface area contributed by atoms with E-state index in [0.717, 1.165) is 12.7 Å². The van der Waals surface area contributed by atoms with Gasteiger partial charge in [-0.15, -0.1) is 0 Å². The second-order valence-electron chi connectivity index (χ2n) is 2.68. The minimum atomic E-state index is -0.205. The van der Waals surface area contributed by atoms with Gasteiger partial charge in [-0.05, 0) is 13.3 Å². The van der Waals surface area contributed by atoms with Gasteiger partial charge in [0.05, 0.1) is 5.60 Å². The number of ether oxygens (including phenoxy) is 1. The highest BCUT2D eigenvalue weighted by Gasteiger charge is 2.15. The average Bonchev–Trinajstić information content (AvgIpc) is 2.05. The molecule has 0 heterocycles. The van der Waals surface area contributed by atoms with Crippen LogP contribution in [0.4, 0.5) is 0 Å². The van der Waals surface area contributed by atoms with Crippen LogP contribution >= 0.6 is 0 Å². The van der Waals surface area contributed by atoms with Gasteiger partial charge in [0.15, 0.2) is 0 Å². The zero-order valence-electron chi connectivity index (χ0n) is 7.46. The molecule has 64 valence electrons. The van der Waals surface area contributed by atoms with Gasteiger partial charge < -0.3 is 9.53 Å². The van der Waals surface area contributed by atoms with E-state index < -0.39 is 0 Å². The predicted molar refractivity (Wildman–Crippen MR) is 45.5 cm³/mol. The summed E-state index contributed by atoms with van der Waals surface area (Å²) in [6.07, 6.45) is 6.03. The standard InChI is InChI=1S/C9H16O2/c1-4-9(2,11-3)7-5-6-8-10/h5,7-8H,4,6H2,1-3H3/b7-5+. The fourth-order valence-electron chi connectivity index (χ4n) is 0.703. The molecule has 0 N–H and O–H groups in total. The van der Waals surface area contributed by atoms with Gasteiger partial charge in [-0.25, -0.2) is 0 Å². The minimum absolute atomic E-state index is 0.205. The van der Waals surface area contributed by atoms with Crippen LogP contribution in [0.5, 0.6) is 0 Å². The van der Waals surface area contributed by atoms with E-state index in [2.05, 4.69) is 6.92 Å². The molecule has 0 aliphatic rings. The Bertz CT molecular complexity index is 134.